The van der Waals surface area contributed by atoms with E-state index in [0.29, 0.717) is 0 Å². The van der Waals surface area contributed by atoms with Crippen LogP contribution in [0.3, 0.4) is 0 Å². The van der Waals surface area contributed by atoms with E-state index in [-0.39, 0.29) is 38.0 Å². The van der Waals surface area contributed by atoms with Gasteiger partial charge in [-0.3, -0.25) is 9.59 Å². The first-order valence-corrected chi connectivity index (χ1v) is 6.54. The summed E-state index contributed by atoms with van der Waals surface area (Å²) in [5.41, 5.74) is 0. The first kappa shape index (κ1) is 14.1. The van der Waals surface area contributed by atoms with Crippen LogP contribution in [-0.2, 0) is 9.59 Å². The molecule has 1 heterocycles. The second kappa shape index (κ2) is 5.38. The van der Waals surface area contributed by atoms with Crippen molar-refractivity contribution in [2.45, 2.75) is 31.9 Å². The first-order chi connectivity index (χ1) is 8.89. The third-order valence-corrected chi connectivity index (χ3v) is 3.83. The number of hydrogen-bond acceptors (Lipinski definition) is 2. The summed E-state index contributed by atoms with van der Waals surface area (Å²) in [7, 11) is 0. The van der Waals surface area contributed by atoms with E-state index in [1.807, 2.05) is 0 Å². The zero-order valence-corrected chi connectivity index (χ0v) is 10.6. The topological polar surface area (TPSA) is 40.6 Å². The van der Waals surface area contributed by atoms with Crippen molar-refractivity contribution in [3.05, 3.63) is 0 Å². The molecule has 2 fully saturated rings. The third-order valence-electron chi connectivity index (χ3n) is 3.83. The van der Waals surface area contributed by atoms with Crippen LogP contribution in [0.5, 0.6) is 0 Å². The molecule has 1 aliphatic carbocycles. The highest BCUT2D eigenvalue weighted by Gasteiger charge is 2.43. The number of halogens is 3. The molecule has 19 heavy (non-hydrogen) atoms. The predicted octanol–water partition coefficient (Wildman–Crippen LogP) is 1.41. The Morgan fingerprint density at radius 2 is 1.37 bits per heavy atom. The Morgan fingerprint density at radius 3 is 1.84 bits per heavy atom. The van der Waals surface area contributed by atoms with E-state index in [1.54, 1.807) is 4.90 Å². The molecular weight excluding hydrogens is 261 g/mol. The van der Waals surface area contributed by atoms with Gasteiger partial charge in [0.05, 0.1) is 0 Å². The Labute approximate surface area is 109 Å². The zero-order valence-electron chi connectivity index (χ0n) is 10.6. The average Bonchev–Trinajstić information content (AvgIpc) is 2.90. The molecule has 0 bridgehead atoms. The number of carbonyl (C=O) groups is 2. The van der Waals surface area contributed by atoms with E-state index >= 15 is 0 Å². The molecule has 0 atom stereocenters. The number of piperazine rings is 1. The van der Waals surface area contributed by atoms with Crippen LogP contribution >= 0.6 is 0 Å². The Hall–Kier alpha value is -1.27. The minimum absolute atomic E-state index is 0.0309. The van der Waals surface area contributed by atoms with Crippen LogP contribution in [0.4, 0.5) is 13.2 Å². The molecule has 0 aromatic carbocycles. The molecule has 4 nitrogen and oxygen atoms in total. The summed E-state index contributed by atoms with van der Waals surface area (Å²) in [6.07, 6.45) is -0.982. The Morgan fingerprint density at radius 1 is 0.895 bits per heavy atom. The number of hydrogen-bond donors (Lipinski definition) is 0. The van der Waals surface area contributed by atoms with Crippen molar-refractivity contribution in [2.24, 2.45) is 5.92 Å². The largest absolute Gasteiger partial charge is 0.471 e. The molecule has 7 heteroatoms. The Balaban J connectivity index is 1.85. The zero-order chi connectivity index (χ0) is 14.0. The van der Waals surface area contributed by atoms with Crippen LogP contribution < -0.4 is 0 Å². The van der Waals surface area contributed by atoms with Gasteiger partial charge in [-0.2, -0.15) is 13.2 Å². The third kappa shape index (κ3) is 3.19. The molecule has 0 unspecified atom stereocenters. The van der Waals surface area contributed by atoms with Gasteiger partial charge in [-0.05, 0) is 12.8 Å². The van der Waals surface area contributed by atoms with Gasteiger partial charge in [0.1, 0.15) is 0 Å². The highest BCUT2D eigenvalue weighted by Crippen LogP contribution is 2.27. The van der Waals surface area contributed by atoms with Crippen molar-refractivity contribution in [1.29, 1.82) is 0 Å². The molecule has 2 amide bonds. The lowest BCUT2D eigenvalue weighted by atomic mass is 10.1. The van der Waals surface area contributed by atoms with Crippen molar-refractivity contribution in [3.63, 3.8) is 0 Å². The lowest BCUT2D eigenvalue weighted by Crippen LogP contribution is -2.54. The maximum Gasteiger partial charge on any atom is 0.471 e. The molecule has 2 aliphatic rings. The van der Waals surface area contributed by atoms with Crippen molar-refractivity contribution in [1.82, 2.24) is 9.80 Å². The second-order valence-corrected chi connectivity index (χ2v) is 5.10. The lowest BCUT2D eigenvalue weighted by Gasteiger charge is -2.36. The van der Waals surface area contributed by atoms with Gasteiger partial charge >= 0.3 is 12.1 Å². The van der Waals surface area contributed by atoms with Crippen LogP contribution in [0.15, 0.2) is 0 Å². The summed E-state index contributed by atoms with van der Waals surface area (Å²) in [4.78, 5) is 25.5. The van der Waals surface area contributed by atoms with E-state index in [4.69, 9.17) is 0 Å². The van der Waals surface area contributed by atoms with Gasteiger partial charge in [0, 0.05) is 32.1 Å². The minimum Gasteiger partial charge on any atom is -0.339 e. The number of carbonyl (C=O) groups excluding carboxylic acids is 2. The molecule has 108 valence electrons. The van der Waals surface area contributed by atoms with Gasteiger partial charge in [0.25, 0.3) is 0 Å². The number of amides is 2. The normalized spacial score (nSPS) is 21.8. The number of nitrogens with zero attached hydrogens (tertiary/aromatic N) is 2. The summed E-state index contributed by atoms with van der Waals surface area (Å²) in [5.74, 6) is -1.73. The van der Waals surface area contributed by atoms with Crippen LogP contribution in [0.25, 0.3) is 0 Å². The van der Waals surface area contributed by atoms with Crippen LogP contribution in [-0.4, -0.2) is 54.0 Å². The Kier molecular flexibility index (Phi) is 4.01. The summed E-state index contributed by atoms with van der Waals surface area (Å²) >= 11 is 0. The molecule has 2 rings (SSSR count). The first-order valence-electron chi connectivity index (χ1n) is 6.54. The van der Waals surface area contributed by atoms with E-state index in [2.05, 4.69) is 0 Å². The van der Waals surface area contributed by atoms with Gasteiger partial charge in [-0.25, -0.2) is 0 Å². The highest BCUT2D eigenvalue weighted by atomic mass is 19.4. The minimum atomic E-state index is -4.82. The Bertz CT molecular complexity index is 356. The molecule has 0 N–H and O–H groups in total. The fraction of sp³-hybridized carbons (Fsp3) is 0.833. The quantitative estimate of drug-likeness (QED) is 0.727. The smallest absolute Gasteiger partial charge is 0.339 e. The van der Waals surface area contributed by atoms with Gasteiger partial charge in [-0.15, -0.1) is 0 Å². The fourth-order valence-electron chi connectivity index (χ4n) is 2.74. The molecule has 0 aromatic heterocycles. The second-order valence-electron chi connectivity index (χ2n) is 5.10. The SMILES string of the molecule is O=C(C1CCCC1)N1CCN(C(=O)C(F)(F)F)CC1. The molecule has 1 saturated carbocycles. The van der Waals surface area contributed by atoms with E-state index in [9.17, 15) is 22.8 Å². The average molecular weight is 278 g/mol. The van der Waals surface area contributed by atoms with Crippen LogP contribution in [0.2, 0.25) is 0 Å². The lowest BCUT2D eigenvalue weighted by molar-refractivity contribution is -0.187. The van der Waals surface area contributed by atoms with Gasteiger partial charge in [0.2, 0.25) is 5.91 Å². The van der Waals surface area contributed by atoms with E-state index < -0.39 is 12.1 Å². The molecule has 1 saturated heterocycles. The van der Waals surface area contributed by atoms with Crippen molar-refractivity contribution < 1.29 is 22.8 Å². The maximum absolute atomic E-state index is 12.3. The maximum atomic E-state index is 12.3. The van der Waals surface area contributed by atoms with Crippen LogP contribution in [0, 0.1) is 5.92 Å². The highest BCUT2D eigenvalue weighted by molar-refractivity contribution is 5.83. The van der Waals surface area contributed by atoms with Crippen molar-refractivity contribution in [3.8, 4) is 0 Å². The molecule has 0 spiro atoms. The molecule has 1 aliphatic heterocycles. The monoisotopic (exact) mass is 278 g/mol. The van der Waals surface area contributed by atoms with Crippen molar-refractivity contribution >= 4 is 11.8 Å². The molecule has 0 aromatic rings. The molecular formula is C12H17F3N2O2. The standard InChI is InChI=1S/C12H17F3N2O2/c13-12(14,15)11(19)17-7-5-16(6-8-17)10(18)9-3-1-2-4-9/h9H,1-8H2. The summed E-state index contributed by atoms with van der Waals surface area (Å²) in [6.45, 7) is 0.349. The fourth-order valence-corrected chi connectivity index (χ4v) is 2.74. The van der Waals surface area contributed by atoms with Crippen molar-refractivity contribution in [2.75, 3.05) is 26.2 Å². The van der Waals surface area contributed by atoms with Gasteiger partial charge in [0.15, 0.2) is 0 Å². The summed E-state index contributed by atoms with van der Waals surface area (Å²) in [6, 6.07) is 0. The summed E-state index contributed by atoms with van der Waals surface area (Å²) < 4.78 is 36.8. The summed E-state index contributed by atoms with van der Waals surface area (Å²) in [5, 5.41) is 0. The van der Waals surface area contributed by atoms with E-state index in [1.165, 1.54) is 0 Å². The number of alkyl halides is 3. The molecule has 0 radical (unpaired) electrons. The van der Waals surface area contributed by atoms with Crippen LogP contribution in [0.1, 0.15) is 25.7 Å². The predicted molar refractivity (Wildman–Crippen MR) is 61.2 cm³/mol. The number of rotatable bonds is 1. The van der Waals surface area contributed by atoms with Gasteiger partial charge in [-0.1, -0.05) is 12.8 Å². The van der Waals surface area contributed by atoms with Gasteiger partial charge < -0.3 is 9.80 Å². The van der Waals surface area contributed by atoms with E-state index in [0.717, 1.165) is 30.6 Å².